The number of aromatic nitrogens is 3. The van der Waals surface area contributed by atoms with E-state index in [2.05, 4.69) is 15.6 Å². The number of rotatable bonds is 10. The van der Waals surface area contributed by atoms with Gasteiger partial charge in [-0.25, -0.2) is 9.48 Å². The van der Waals surface area contributed by atoms with Crippen molar-refractivity contribution in [2.75, 3.05) is 6.61 Å². The van der Waals surface area contributed by atoms with Gasteiger partial charge < -0.3 is 9.47 Å². The highest BCUT2D eigenvalue weighted by molar-refractivity contribution is 8.15. The van der Waals surface area contributed by atoms with Gasteiger partial charge >= 0.3 is 5.97 Å². The van der Waals surface area contributed by atoms with Crippen molar-refractivity contribution in [3.63, 3.8) is 0 Å². The van der Waals surface area contributed by atoms with Crippen molar-refractivity contribution in [1.29, 1.82) is 0 Å². The third kappa shape index (κ3) is 7.64. The zero-order valence-electron chi connectivity index (χ0n) is 23.7. The lowest BCUT2D eigenvalue weighted by atomic mass is 9.98. The lowest BCUT2D eigenvalue weighted by Gasteiger charge is -2.20. The molecule has 1 unspecified atom stereocenters. The lowest BCUT2D eigenvalue weighted by Crippen LogP contribution is -2.25. The SMILES string of the molecule is CC(C)(C)OC(=O)c1ccccc1-c1ccc(Cn2cc(CCOc3ccc(CC4SC(=O)NC4=O)cc3)nn2)cc1. The minimum Gasteiger partial charge on any atom is -0.493 e. The summed E-state index contributed by atoms with van der Waals surface area (Å²) in [5, 5.41) is 10.2. The molecule has 5 rings (SSSR count). The second-order valence-electron chi connectivity index (χ2n) is 11.0. The second kappa shape index (κ2) is 12.6. The van der Waals surface area contributed by atoms with Crippen LogP contribution in [0.2, 0.25) is 0 Å². The molecule has 1 saturated heterocycles. The summed E-state index contributed by atoms with van der Waals surface area (Å²) >= 11 is 1.03. The Morgan fingerprint density at radius 2 is 1.69 bits per heavy atom. The number of nitrogens with one attached hydrogen (secondary N) is 1. The van der Waals surface area contributed by atoms with E-state index in [0.717, 1.165) is 45.5 Å². The number of hydrogen-bond acceptors (Lipinski definition) is 8. The molecule has 1 aliphatic rings. The van der Waals surface area contributed by atoms with E-state index >= 15 is 0 Å². The fraction of sp³-hybridized carbons (Fsp3) is 0.281. The molecule has 0 aliphatic carbocycles. The normalized spacial score (nSPS) is 15.0. The van der Waals surface area contributed by atoms with E-state index in [4.69, 9.17) is 9.47 Å². The topological polar surface area (TPSA) is 112 Å². The highest BCUT2D eigenvalue weighted by Gasteiger charge is 2.31. The number of hydrogen-bond donors (Lipinski definition) is 1. The molecule has 1 aromatic heterocycles. The minimum atomic E-state index is -0.567. The Labute approximate surface area is 248 Å². The number of imide groups is 1. The van der Waals surface area contributed by atoms with Crippen LogP contribution in [-0.2, 0) is 28.9 Å². The molecule has 0 spiro atoms. The van der Waals surface area contributed by atoms with Crippen molar-refractivity contribution < 1.29 is 23.9 Å². The third-order valence-corrected chi connectivity index (χ3v) is 7.46. The molecule has 1 fully saturated rings. The average Bonchev–Trinajstić information content (AvgIpc) is 3.53. The van der Waals surface area contributed by atoms with Gasteiger partial charge in [0.15, 0.2) is 0 Å². The molecule has 3 aromatic carbocycles. The summed E-state index contributed by atoms with van der Waals surface area (Å²) in [5.41, 5.74) is 4.57. The average molecular weight is 585 g/mol. The summed E-state index contributed by atoms with van der Waals surface area (Å²) in [5.74, 6) is 0.140. The highest BCUT2D eigenvalue weighted by atomic mass is 32.2. The Morgan fingerprint density at radius 1 is 0.976 bits per heavy atom. The molecule has 216 valence electrons. The van der Waals surface area contributed by atoms with Crippen LogP contribution in [0.1, 0.15) is 48.0 Å². The molecule has 2 heterocycles. The summed E-state index contributed by atoms with van der Waals surface area (Å²) in [6.45, 7) is 6.58. The number of ether oxygens (including phenoxy) is 2. The van der Waals surface area contributed by atoms with Crippen LogP contribution in [0.4, 0.5) is 4.79 Å². The number of amides is 2. The molecule has 42 heavy (non-hydrogen) atoms. The fourth-order valence-electron chi connectivity index (χ4n) is 4.49. The Morgan fingerprint density at radius 3 is 2.38 bits per heavy atom. The number of thioether (sulfide) groups is 1. The van der Waals surface area contributed by atoms with E-state index in [-0.39, 0.29) is 22.4 Å². The van der Waals surface area contributed by atoms with Gasteiger partial charge in [-0.3, -0.25) is 14.9 Å². The van der Waals surface area contributed by atoms with Gasteiger partial charge in [0.05, 0.1) is 29.7 Å². The molecule has 0 radical (unpaired) electrons. The third-order valence-electron chi connectivity index (χ3n) is 6.48. The summed E-state index contributed by atoms with van der Waals surface area (Å²) < 4.78 is 13.2. The first kappa shape index (κ1) is 29.1. The summed E-state index contributed by atoms with van der Waals surface area (Å²) in [6, 6.07) is 23.0. The standard InChI is InChI=1S/C32H32N4O5S/c1-32(2,3)41-30(38)27-7-5-4-6-26(27)23-12-8-22(9-13-23)19-36-20-24(34-35-36)16-17-40-25-14-10-21(11-15-25)18-28-29(37)33-31(39)42-28/h4-15,20,28H,16-19H2,1-3H3,(H,33,37,39). The van der Waals surface area contributed by atoms with Gasteiger partial charge in [-0.05, 0) is 67.6 Å². The Hall–Kier alpha value is -4.44. The maximum atomic E-state index is 12.7. The van der Waals surface area contributed by atoms with Crippen LogP contribution in [0, 0.1) is 0 Å². The van der Waals surface area contributed by atoms with Gasteiger partial charge in [-0.2, -0.15) is 0 Å². The number of carbonyl (C=O) groups excluding carboxylic acids is 3. The first-order valence-corrected chi connectivity index (χ1v) is 14.5. The van der Waals surface area contributed by atoms with Crippen LogP contribution in [0.25, 0.3) is 11.1 Å². The van der Waals surface area contributed by atoms with E-state index in [1.165, 1.54) is 0 Å². The van der Waals surface area contributed by atoms with Crippen molar-refractivity contribution in [3.8, 4) is 16.9 Å². The van der Waals surface area contributed by atoms with Crippen molar-refractivity contribution in [2.24, 2.45) is 0 Å². The molecule has 0 bridgehead atoms. The van der Waals surface area contributed by atoms with Crippen molar-refractivity contribution in [1.82, 2.24) is 20.3 Å². The van der Waals surface area contributed by atoms with Crippen LogP contribution in [0.3, 0.4) is 0 Å². The molecule has 1 aliphatic heterocycles. The van der Waals surface area contributed by atoms with Crippen LogP contribution in [0.15, 0.2) is 79.0 Å². The number of nitrogens with zero attached hydrogens (tertiary/aromatic N) is 3. The van der Waals surface area contributed by atoms with Crippen LogP contribution in [0.5, 0.6) is 5.75 Å². The predicted octanol–water partition coefficient (Wildman–Crippen LogP) is 5.46. The van der Waals surface area contributed by atoms with Crippen molar-refractivity contribution in [2.45, 2.75) is 51.0 Å². The maximum absolute atomic E-state index is 12.7. The largest absolute Gasteiger partial charge is 0.493 e. The number of benzene rings is 3. The Bertz CT molecular complexity index is 1580. The smallest absolute Gasteiger partial charge is 0.339 e. The Balaban J connectivity index is 1.12. The molecule has 0 saturated carbocycles. The van der Waals surface area contributed by atoms with Gasteiger partial charge in [0, 0.05) is 12.6 Å². The number of carbonyl (C=O) groups is 3. The first-order valence-electron chi connectivity index (χ1n) is 13.7. The van der Waals surface area contributed by atoms with Gasteiger partial charge in [-0.1, -0.05) is 71.6 Å². The van der Waals surface area contributed by atoms with Gasteiger partial charge in [-0.15, -0.1) is 5.10 Å². The minimum absolute atomic E-state index is 0.239. The molecular formula is C32H32N4O5S. The van der Waals surface area contributed by atoms with E-state index in [9.17, 15) is 14.4 Å². The Kier molecular flexibility index (Phi) is 8.72. The summed E-state index contributed by atoms with van der Waals surface area (Å²) in [6.07, 6.45) is 3.00. The van der Waals surface area contributed by atoms with E-state index in [0.29, 0.717) is 31.6 Å². The van der Waals surface area contributed by atoms with Gasteiger partial charge in [0.1, 0.15) is 11.4 Å². The molecule has 10 heteroatoms. The molecule has 9 nitrogen and oxygen atoms in total. The van der Waals surface area contributed by atoms with Crippen molar-refractivity contribution in [3.05, 3.63) is 101 Å². The highest BCUT2D eigenvalue weighted by Crippen LogP contribution is 2.27. The number of esters is 1. The summed E-state index contributed by atoms with van der Waals surface area (Å²) in [7, 11) is 0. The summed E-state index contributed by atoms with van der Waals surface area (Å²) in [4.78, 5) is 35.8. The molecule has 1 N–H and O–H groups in total. The van der Waals surface area contributed by atoms with Crippen molar-refractivity contribution >= 4 is 28.9 Å². The van der Waals surface area contributed by atoms with Gasteiger partial charge in [0.25, 0.3) is 5.24 Å². The zero-order chi connectivity index (χ0) is 29.7. The molecular weight excluding hydrogens is 552 g/mol. The predicted molar refractivity (Wildman–Crippen MR) is 160 cm³/mol. The molecule has 2 amide bonds. The molecule has 1 atom stereocenters. The maximum Gasteiger partial charge on any atom is 0.339 e. The van der Waals surface area contributed by atoms with Gasteiger partial charge in [0.2, 0.25) is 5.91 Å². The van der Waals surface area contributed by atoms with Crippen LogP contribution in [-0.4, -0.2) is 49.6 Å². The monoisotopic (exact) mass is 584 g/mol. The van der Waals surface area contributed by atoms with Crippen LogP contribution < -0.4 is 10.1 Å². The van der Waals surface area contributed by atoms with E-state index < -0.39 is 5.60 Å². The first-order chi connectivity index (χ1) is 20.1. The van der Waals surface area contributed by atoms with E-state index in [1.54, 1.807) is 10.7 Å². The molecule has 4 aromatic rings. The van der Waals surface area contributed by atoms with E-state index in [1.807, 2.05) is 93.7 Å². The lowest BCUT2D eigenvalue weighted by molar-refractivity contribution is -0.118. The zero-order valence-corrected chi connectivity index (χ0v) is 24.5. The second-order valence-corrected chi connectivity index (χ2v) is 12.2. The quantitative estimate of drug-likeness (QED) is 0.245. The fourth-order valence-corrected chi connectivity index (χ4v) is 5.35. The van der Waals surface area contributed by atoms with Crippen LogP contribution >= 0.6 is 11.8 Å².